The molecule has 0 spiro atoms. The second-order valence-electron chi connectivity index (χ2n) is 9.47. The summed E-state index contributed by atoms with van der Waals surface area (Å²) in [4.78, 5) is 12.5. The van der Waals surface area contributed by atoms with Gasteiger partial charge in [-0.15, -0.1) is 0 Å². The molecule has 1 aliphatic rings. The van der Waals surface area contributed by atoms with Crippen LogP contribution in [0.1, 0.15) is 44.7 Å². The van der Waals surface area contributed by atoms with Crippen molar-refractivity contribution in [1.82, 2.24) is 9.62 Å². The molecule has 2 aromatic carbocycles. The number of hydrogen-bond donors (Lipinski definition) is 1. The Morgan fingerprint density at radius 3 is 2.39 bits per heavy atom. The summed E-state index contributed by atoms with van der Waals surface area (Å²) < 4.78 is 32.7. The Bertz CT molecular complexity index is 1040. The lowest BCUT2D eigenvalue weighted by molar-refractivity contribution is -0.126. The first-order valence-corrected chi connectivity index (χ1v) is 13.3. The zero-order valence-corrected chi connectivity index (χ0v) is 21.1. The van der Waals surface area contributed by atoms with Crippen molar-refractivity contribution in [3.63, 3.8) is 0 Å². The van der Waals surface area contributed by atoms with Crippen LogP contribution in [0.15, 0.2) is 48.5 Å². The van der Waals surface area contributed by atoms with Gasteiger partial charge in [0.05, 0.1) is 12.3 Å². The first-order chi connectivity index (χ1) is 15.5. The number of carbonyl (C=O) groups is 1. The van der Waals surface area contributed by atoms with Crippen LogP contribution < -0.4 is 10.1 Å². The summed E-state index contributed by atoms with van der Waals surface area (Å²) in [6, 6.07) is 14.9. The highest BCUT2D eigenvalue weighted by atomic mass is 35.5. The topological polar surface area (TPSA) is 75.7 Å². The molecule has 6 nitrogen and oxygen atoms in total. The SMILES string of the molecule is CC(C)(C)c1ccc(OCCNC(=O)C2CCN(S(=O)(=O)Cc3cccc(Cl)c3)CC2)cc1. The molecule has 180 valence electrons. The maximum atomic E-state index is 12.7. The molecule has 0 unspecified atom stereocenters. The van der Waals surface area contributed by atoms with Crippen molar-refractivity contribution in [3.05, 3.63) is 64.7 Å². The van der Waals surface area contributed by atoms with E-state index in [-0.39, 0.29) is 23.0 Å². The maximum Gasteiger partial charge on any atom is 0.223 e. The number of piperidine rings is 1. The van der Waals surface area contributed by atoms with Crippen LogP contribution in [-0.4, -0.2) is 44.9 Å². The van der Waals surface area contributed by atoms with Crippen LogP contribution in [0.4, 0.5) is 0 Å². The molecular weight excluding hydrogens is 460 g/mol. The number of hydrogen-bond acceptors (Lipinski definition) is 4. The fraction of sp³-hybridized carbons (Fsp3) is 0.480. The third kappa shape index (κ3) is 7.45. The number of ether oxygens (including phenoxy) is 1. The van der Waals surface area contributed by atoms with Crippen LogP contribution in [0, 0.1) is 5.92 Å². The van der Waals surface area contributed by atoms with E-state index in [2.05, 4.69) is 38.2 Å². The zero-order valence-electron chi connectivity index (χ0n) is 19.5. The summed E-state index contributed by atoms with van der Waals surface area (Å²) in [5.41, 5.74) is 2.00. The molecule has 8 heteroatoms. The Morgan fingerprint density at radius 2 is 1.79 bits per heavy atom. The molecule has 1 aliphatic heterocycles. The molecule has 0 radical (unpaired) electrons. The third-order valence-corrected chi connectivity index (χ3v) is 7.93. The second kappa shape index (κ2) is 10.9. The van der Waals surface area contributed by atoms with Gasteiger partial charge in [-0.3, -0.25) is 4.79 Å². The van der Waals surface area contributed by atoms with Crippen LogP contribution >= 0.6 is 11.6 Å². The Balaban J connectivity index is 1.39. The van der Waals surface area contributed by atoms with Crippen LogP contribution in [0.5, 0.6) is 5.75 Å². The fourth-order valence-electron chi connectivity index (χ4n) is 3.86. The predicted molar refractivity (Wildman–Crippen MR) is 132 cm³/mol. The molecule has 0 saturated carbocycles. The molecule has 3 rings (SSSR count). The Labute approximate surface area is 202 Å². The summed E-state index contributed by atoms with van der Waals surface area (Å²) in [5.74, 6) is 0.455. The van der Waals surface area contributed by atoms with Gasteiger partial charge in [-0.1, -0.05) is 56.6 Å². The molecule has 1 saturated heterocycles. The quantitative estimate of drug-likeness (QED) is 0.555. The number of amides is 1. The molecule has 0 atom stereocenters. The average molecular weight is 493 g/mol. The zero-order chi connectivity index (χ0) is 24.1. The Hall–Kier alpha value is -2.09. The largest absolute Gasteiger partial charge is 0.492 e. The van der Waals surface area contributed by atoms with E-state index in [1.165, 1.54) is 9.87 Å². The fourth-order valence-corrected chi connectivity index (χ4v) is 5.63. The van der Waals surface area contributed by atoms with Gasteiger partial charge in [0.15, 0.2) is 0 Å². The van der Waals surface area contributed by atoms with Crippen LogP contribution in [0.2, 0.25) is 5.02 Å². The summed E-state index contributed by atoms with van der Waals surface area (Å²) >= 11 is 5.96. The van der Waals surface area contributed by atoms with E-state index in [0.29, 0.717) is 49.7 Å². The molecule has 0 aromatic heterocycles. The van der Waals surface area contributed by atoms with Crippen molar-refractivity contribution in [2.24, 2.45) is 5.92 Å². The minimum absolute atomic E-state index is 0.0476. The summed E-state index contributed by atoms with van der Waals surface area (Å²) in [7, 11) is -3.44. The van der Waals surface area contributed by atoms with Gasteiger partial charge in [-0.2, -0.15) is 0 Å². The first kappa shape index (κ1) is 25.5. The highest BCUT2D eigenvalue weighted by Crippen LogP contribution is 2.25. The van der Waals surface area contributed by atoms with E-state index in [4.69, 9.17) is 16.3 Å². The van der Waals surface area contributed by atoms with Crippen molar-refractivity contribution in [2.75, 3.05) is 26.2 Å². The van der Waals surface area contributed by atoms with Crippen molar-refractivity contribution < 1.29 is 17.9 Å². The second-order valence-corrected chi connectivity index (χ2v) is 11.9. The lowest BCUT2D eigenvalue weighted by Crippen LogP contribution is -2.43. The molecule has 1 N–H and O–H groups in total. The molecule has 33 heavy (non-hydrogen) atoms. The van der Waals surface area contributed by atoms with E-state index < -0.39 is 10.0 Å². The van der Waals surface area contributed by atoms with Gasteiger partial charge in [0.25, 0.3) is 0 Å². The van der Waals surface area contributed by atoms with E-state index in [0.717, 1.165) is 5.75 Å². The molecule has 0 aliphatic carbocycles. The van der Waals surface area contributed by atoms with Crippen LogP contribution in [0.25, 0.3) is 0 Å². The first-order valence-electron chi connectivity index (χ1n) is 11.3. The van der Waals surface area contributed by atoms with E-state index >= 15 is 0 Å². The van der Waals surface area contributed by atoms with Crippen molar-refractivity contribution >= 4 is 27.5 Å². The monoisotopic (exact) mass is 492 g/mol. The number of nitrogens with one attached hydrogen (secondary N) is 1. The number of carbonyl (C=O) groups excluding carboxylic acids is 1. The maximum absolute atomic E-state index is 12.7. The van der Waals surface area contributed by atoms with E-state index in [9.17, 15) is 13.2 Å². The number of benzene rings is 2. The molecule has 1 amide bonds. The van der Waals surface area contributed by atoms with E-state index in [1.807, 2.05) is 12.1 Å². The lowest BCUT2D eigenvalue weighted by atomic mass is 9.87. The van der Waals surface area contributed by atoms with Gasteiger partial charge in [0, 0.05) is 24.0 Å². The Kier molecular flexibility index (Phi) is 8.43. The minimum Gasteiger partial charge on any atom is -0.492 e. The minimum atomic E-state index is -3.44. The highest BCUT2D eigenvalue weighted by molar-refractivity contribution is 7.88. The molecule has 0 bridgehead atoms. The van der Waals surface area contributed by atoms with Gasteiger partial charge in [-0.05, 0) is 53.6 Å². The van der Waals surface area contributed by atoms with Gasteiger partial charge < -0.3 is 10.1 Å². The Morgan fingerprint density at radius 1 is 1.12 bits per heavy atom. The van der Waals surface area contributed by atoms with Crippen molar-refractivity contribution in [2.45, 2.75) is 44.8 Å². The molecular formula is C25H33ClN2O4S. The summed E-state index contributed by atoms with van der Waals surface area (Å²) in [5, 5.41) is 3.43. The number of rotatable bonds is 8. The summed E-state index contributed by atoms with van der Waals surface area (Å²) in [6.07, 6.45) is 1.02. The van der Waals surface area contributed by atoms with Gasteiger partial charge >= 0.3 is 0 Å². The normalized spacial score (nSPS) is 15.9. The number of sulfonamides is 1. The summed E-state index contributed by atoms with van der Waals surface area (Å²) in [6.45, 7) is 7.97. The van der Waals surface area contributed by atoms with Gasteiger partial charge in [0.1, 0.15) is 12.4 Å². The van der Waals surface area contributed by atoms with Crippen LogP contribution in [0.3, 0.4) is 0 Å². The van der Waals surface area contributed by atoms with Crippen LogP contribution in [-0.2, 0) is 26.0 Å². The van der Waals surface area contributed by atoms with Crippen molar-refractivity contribution in [3.8, 4) is 5.75 Å². The van der Waals surface area contributed by atoms with Gasteiger partial charge in [0.2, 0.25) is 15.9 Å². The highest BCUT2D eigenvalue weighted by Gasteiger charge is 2.31. The lowest BCUT2D eigenvalue weighted by Gasteiger charge is -2.30. The average Bonchev–Trinajstić information content (AvgIpc) is 2.76. The van der Waals surface area contributed by atoms with Gasteiger partial charge in [-0.25, -0.2) is 12.7 Å². The third-order valence-electron chi connectivity index (χ3n) is 5.85. The number of halogens is 1. The predicted octanol–water partition coefficient (Wildman–Crippen LogP) is 4.37. The van der Waals surface area contributed by atoms with Crippen molar-refractivity contribution in [1.29, 1.82) is 0 Å². The number of nitrogens with zero attached hydrogens (tertiary/aromatic N) is 1. The smallest absolute Gasteiger partial charge is 0.223 e. The standard InChI is InChI=1S/C25H33ClN2O4S/c1-25(2,3)21-7-9-23(10-8-21)32-16-13-27-24(29)20-11-14-28(15-12-20)33(30,31)18-19-5-4-6-22(26)17-19/h4-10,17,20H,11-16,18H2,1-3H3,(H,27,29). The van der Waals surface area contributed by atoms with E-state index in [1.54, 1.807) is 24.3 Å². The molecule has 2 aromatic rings. The molecule has 1 heterocycles. The molecule has 1 fully saturated rings.